The summed E-state index contributed by atoms with van der Waals surface area (Å²) in [5.41, 5.74) is 7.80. The van der Waals surface area contributed by atoms with Gasteiger partial charge in [0.15, 0.2) is 0 Å². The molecule has 2 N–H and O–H groups in total. The standard InChI is InChI=1S/C16H23N3OS/c1-16(6-3-11-21-16)15(20)19-9-7-18(8-10-19)14-5-2-4-13(17)12-14/h2,4-5,12H,3,6-11,17H2,1H3. The van der Waals surface area contributed by atoms with Crippen LogP contribution in [-0.2, 0) is 4.79 Å². The SMILES string of the molecule is CC1(C(=O)N2CCN(c3cccc(N)c3)CC2)CCCS1. The number of rotatable bonds is 2. The third kappa shape index (κ3) is 2.98. The van der Waals surface area contributed by atoms with E-state index in [0.717, 1.165) is 56.1 Å². The van der Waals surface area contributed by atoms with Crippen molar-refractivity contribution in [3.8, 4) is 0 Å². The molecule has 0 aliphatic carbocycles. The summed E-state index contributed by atoms with van der Waals surface area (Å²) in [4.78, 5) is 17.0. The molecule has 2 saturated heterocycles. The van der Waals surface area contributed by atoms with E-state index < -0.39 is 0 Å². The average Bonchev–Trinajstić information content (AvgIpc) is 2.95. The lowest BCUT2D eigenvalue weighted by molar-refractivity contribution is -0.133. The van der Waals surface area contributed by atoms with Gasteiger partial charge in [-0.3, -0.25) is 4.79 Å². The van der Waals surface area contributed by atoms with E-state index in [-0.39, 0.29) is 4.75 Å². The molecule has 4 nitrogen and oxygen atoms in total. The molecule has 0 spiro atoms. The first-order valence-electron chi connectivity index (χ1n) is 7.62. The molecule has 2 aliphatic heterocycles. The molecule has 114 valence electrons. The topological polar surface area (TPSA) is 49.6 Å². The van der Waals surface area contributed by atoms with Crippen LogP contribution in [0.15, 0.2) is 24.3 Å². The molecular weight excluding hydrogens is 282 g/mol. The Hall–Kier alpha value is -1.36. The summed E-state index contributed by atoms with van der Waals surface area (Å²) >= 11 is 1.82. The average molecular weight is 305 g/mol. The lowest BCUT2D eigenvalue weighted by Gasteiger charge is -2.39. The highest BCUT2D eigenvalue weighted by molar-refractivity contribution is 8.01. The van der Waals surface area contributed by atoms with Crippen molar-refractivity contribution in [3.63, 3.8) is 0 Å². The fraction of sp³-hybridized carbons (Fsp3) is 0.562. The second kappa shape index (κ2) is 5.79. The van der Waals surface area contributed by atoms with Gasteiger partial charge in [-0.1, -0.05) is 6.07 Å². The van der Waals surface area contributed by atoms with E-state index in [9.17, 15) is 4.79 Å². The van der Waals surface area contributed by atoms with E-state index in [2.05, 4.69) is 17.9 Å². The molecule has 3 rings (SSSR count). The van der Waals surface area contributed by atoms with Crippen LogP contribution in [0.3, 0.4) is 0 Å². The normalized spacial score (nSPS) is 26.1. The number of thioether (sulfide) groups is 1. The van der Waals surface area contributed by atoms with E-state index in [0.29, 0.717) is 5.91 Å². The fourth-order valence-electron chi connectivity index (χ4n) is 3.17. The number of nitrogens with two attached hydrogens (primary N) is 1. The van der Waals surface area contributed by atoms with Gasteiger partial charge in [-0.2, -0.15) is 0 Å². The Labute approximate surface area is 130 Å². The van der Waals surface area contributed by atoms with Crippen LogP contribution in [0.1, 0.15) is 19.8 Å². The zero-order valence-electron chi connectivity index (χ0n) is 12.5. The molecular formula is C16H23N3OS. The van der Waals surface area contributed by atoms with Crippen molar-refractivity contribution in [2.75, 3.05) is 42.6 Å². The monoisotopic (exact) mass is 305 g/mol. The largest absolute Gasteiger partial charge is 0.399 e. The van der Waals surface area contributed by atoms with Gasteiger partial charge in [0.1, 0.15) is 0 Å². The van der Waals surface area contributed by atoms with Crippen molar-refractivity contribution in [2.24, 2.45) is 0 Å². The third-order valence-electron chi connectivity index (χ3n) is 4.47. The van der Waals surface area contributed by atoms with Crippen LogP contribution < -0.4 is 10.6 Å². The molecule has 1 atom stereocenters. The van der Waals surface area contributed by atoms with Gasteiger partial charge in [0, 0.05) is 37.6 Å². The highest BCUT2D eigenvalue weighted by atomic mass is 32.2. The predicted octanol–water partition coefficient (Wildman–Crippen LogP) is 2.20. The second-order valence-corrected chi connectivity index (χ2v) is 7.66. The number of carbonyl (C=O) groups excluding carboxylic acids is 1. The Morgan fingerprint density at radius 2 is 2.05 bits per heavy atom. The second-order valence-electron chi connectivity index (χ2n) is 6.06. The van der Waals surface area contributed by atoms with Crippen LogP contribution in [0.2, 0.25) is 0 Å². The zero-order valence-corrected chi connectivity index (χ0v) is 13.4. The van der Waals surface area contributed by atoms with Crippen molar-refractivity contribution in [1.82, 2.24) is 4.90 Å². The number of hydrogen-bond acceptors (Lipinski definition) is 4. The molecule has 0 bridgehead atoms. The van der Waals surface area contributed by atoms with Crippen molar-refractivity contribution >= 4 is 29.0 Å². The van der Waals surface area contributed by atoms with Crippen molar-refractivity contribution in [1.29, 1.82) is 0 Å². The first-order chi connectivity index (χ1) is 10.1. The quantitative estimate of drug-likeness (QED) is 0.851. The molecule has 2 fully saturated rings. The van der Waals surface area contributed by atoms with E-state index in [1.807, 2.05) is 34.9 Å². The lowest BCUT2D eigenvalue weighted by Crippen LogP contribution is -2.53. The highest BCUT2D eigenvalue weighted by Crippen LogP contribution is 2.39. The van der Waals surface area contributed by atoms with Crippen LogP contribution in [0.4, 0.5) is 11.4 Å². The molecule has 0 saturated carbocycles. The summed E-state index contributed by atoms with van der Waals surface area (Å²) in [7, 11) is 0. The van der Waals surface area contributed by atoms with E-state index in [1.54, 1.807) is 0 Å². The van der Waals surface area contributed by atoms with E-state index in [1.165, 1.54) is 0 Å². The van der Waals surface area contributed by atoms with Gasteiger partial charge in [0.25, 0.3) is 0 Å². The summed E-state index contributed by atoms with van der Waals surface area (Å²) in [6.07, 6.45) is 2.18. The lowest BCUT2D eigenvalue weighted by atomic mass is 10.0. The molecule has 21 heavy (non-hydrogen) atoms. The maximum absolute atomic E-state index is 12.7. The Morgan fingerprint density at radius 3 is 2.67 bits per heavy atom. The Morgan fingerprint density at radius 1 is 1.29 bits per heavy atom. The first kappa shape index (κ1) is 14.6. The van der Waals surface area contributed by atoms with Crippen molar-refractivity contribution in [3.05, 3.63) is 24.3 Å². The number of hydrogen-bond donors (Lipinski definition) is 1. The number of anilines is 2. The number of nitrogens with zero attached hydrogens (tertiary/aromatic N) is 2. The number of amides is 1. The van der Waals surface area contributed by atoms with Gasteiger partial charge in [0.2, 0.25) is 5.91 Å². The van der Waals surface area contributed by atoms with Crippen LogP contribution in [-0.4, -0.2) is 47.5 Å². The van der Waals surface area contributed by atoms with Gasteiger partial charge >= 0.3 is 0 Å². The summed E-state index contributed by atoms with van der Waals surface area (Å²) in [5.74, 6) is 1.45. The number of carbonyl (C=O) groups is 1. The summed E-state index contributed by atoms with van der Waals surface area (Å²) in [6.45, 7) is 5.50. The number of piperazine rings is 1. The highest BCUT2D eigenvalue weighted by Gasteiger charge is 2.40. The number of benzene rings is 1. The maximum atomic E-state index is 12.7. The molecule has 1 aromatic rings. The molecule has 0 radical (unpaired) electrons. The minimum atomic E-state index is -0.181. The maximum Gasteiger partial charge on any atom is 0.238 e. The number of nitrogen functional groups attached to an aromatic ring is 1. The van der Waals surface area contributed by atoms with Crippen LogP contribution in [0, 0.1) is 0 Å². The fourth-order valence-corrected chi connectivity index (χ4v) is 4.45. The Kier molecular flexibility index (Phi) is 4.02. The molecule has 1 aromatic carbocycles. The van der Waals surface area contributed by atoms with Gasteiger partial charge in [-0.05, 0) is 43.7 Å². The summed E-state index contributed by atoms with van der Waals surface area (Å²) < 4.78 is -0.181. The summed E-state index contributed by atoms with van der Waals surface area (Å²) in [6, 6.07) is 7.98. The molecule has 2 heterocycles. The minimum absolute atomic E-state index is 0.181. The van der Waals surface area contributed by atoms with Crippen LogP contribution in [0.5, 0.6) is 0 Å². The van der Waals surface area contributed by atoms with Crippen LogP contribution >= 0.6 is 11.8 Å². The van der Waals surface area contributed by atoms with Crippen molar-refractivity contribution < 1.29 is 4.79 Å². The molecule has 0 aromatic heterocycles. The molecule has 1 amide bonds. The van der Waals surface area contributed by atoms with Crippen LogP contribution in [0.25, 0.3) is 0 Å². The van der Waals surface area contributed by atoms with Gasteiger partial charge in [0.05, 0.1) is 4.75 Å². The molecule has 2 aliphatic rings. The molecule has 1 unspecified atom stereocenters. The van der Waals surface area contributed by atoms with Gasteiger partial charge in [-0.25, -0.2) is 0 Å². The smallest absolute Gasteiger partial charge is 0.238 e. The zero-order chi connectivity index (χ0) is 14.9. The van der Waals surface area contributed by atoms with Crippen molar-refractivity contribution in [2.45, 2.75) is 24.5 Å². The first-order valence-corrected chi connectivity index (χ1v) is 8.61. The summed E-state index contributed by atoms with van der Waals surface area (Å²) in [5, 5.41) is 0. The third-order valence-corrected chi connectivity index (χ3v) is 5.98. The van der Waals surface area contributed by atoms with Gasteiger partial charge in [-0.15, -0.1) is 11.8 Å². The van der Waals surface area contributed by atoms with E-state index >= 15 is 0 Å². The minimum Gasteiger partial charge on any atom is -0.399 e. The predicted molar refractivity (Wildman–Crippen MR) is 89.7 cm³/mol. The molecule has 5 heteroatoms. The van der Waals surface area contributed by atoms with E-state index in [4.69, 9.17) is 5.73 Å². The Balaban J connectivity index is 1.61. The Bertz CT molecular complexity index is 520. The van der Waals surface area contributed by atoms with Gasteiger partial charge < -0.3 is 15.5 Å².